The fourth-order valence-electron chi connectivity index (χ4n) is 2.44. The van der Waals surface area contributed by atoms with Crippen LogP contribution in [0.3, 0.4) is 0 Å². The summed E-state index contributed by atoms with van der Waals surface area (Å²) in [4.78, 5) is 28.8. The van der Waals surface area contributed by atoms with Gasteiger partial charge in [0.05, 0.1) is 12.8 Å². The van der Waals surface area contributed by atoms with E-state index in [1.807, 2.05) is 13.0 Å². The number of rotatable bonds is 4. The van der Waals surface area contributed by atoms with Crippen molar-refractivity contribution in [1.29, 1.82) is 0 Å². The predicted octanol–water partition coefficient (Wildman–Crippen LogP) is 3.02. The lowest BCUT2D eigenvalue weighted by atomic mass is 10.2. The van der Waals surface area contributed by atoms with Crippen molar-refractivity contribution in [2.24, 2.45) is 0 Å². The molecule has 0 aliphatic rings. The minimum Gasteiger partial charge on any atom is -0.496 e. The molecule has 2 aromatic heterocycles. The van der Waals surface area contributed by atoms with E-state index in [1.165, 1.54) is 23.6 Å². The third-order valence-corrected chi connectivity index (χ3v) is 3.91. The first-order chi connectivity index (χ1) is 12.0. The van der Waals surface area contributed by atoms with Crippen LogP contribution in [-0.2, 0) is 11.3 Å². The maximum absolute atomic E-state index is 12.3. The van der Waals surface area contributed by atoms with Gasteiger partial charge in [0.1, 0.15) is 23.6 Å². The Balaban J connectivity index is 1.86. The summed E-state index contributed by atoms with van der Waals surface area (Å²) in [6, 6.07) is 9.64. The Morgan fingerprint density at radius 1 is 1.28 bits per heavy atom. The first kappa shape index (κ1) is 17.0. The Morgan fingerprint density at radius 3 is 2.84 bits per heavy atom. The highest BCUT2D eigenvalue weighted by Gasteiger charge is 2.15. The molecular weight excluding hydrogens is 344 g/mol. The van der Waals surface area contributed by atoms with E-state index >= 15 is 0 Å². The van der Waals surface area contributed by atoms with Crippen LogP contribution in [0.4, 0.5) is 0 Å². The third-order valence-electron chi connectivity index (χ3n) is 3.67. The number of ether oxygens (including phenoxy) is 2. The molecule has 0 atom stereocenters. The monoisotopic (exact) mass is 358 g/mol. The number of nitrogens with zero attached hydrogens (tertiary/aromatic N) is 2. The average molecular weight is 359 g/mol. The number of hydrogen-bond acceptors (Lipinski definition) is 5. The van der Waals surface area contributed by atoms with Gasteiger partial charge in [-0.1, -0.05) is 17.7 Å². The number of carbonyl (C=O) groups excluding carboxylic acids is 1. The molecule has 6 nitrogen and oxygen atoms in total. The lowest BCUT2D eigenvalue weighted by molar-refractivity contribution is 0.0464. The van der Waals surface area contributed by atoms with Gasteiger partial charge in [-0.2, -0.15) is 0 Å². The second-order valence-electron chi connectivity index (χ2n) is 5.39. The quantitative estimate of drug-likeness (QED) is 0.670. The number of fused-ring (bicyclic) bond motifs is 1. The van der Waals surface area contributed by atoms with Crippen molar-refractivity contribution in [3.05, 3.63) is 74.8 Å². The molecule has 0 bridgehead atoms. The molecule has 2 heterocycles. The molecule has 0 N–H and O–H groups in total. The number of pyridine rings is 1. The van der Waals surface area contributed by atoms with Crippen LogP contribution in [0.2, 0.25) is 5.02 Å². The van der Waals surface area contributed by atoms with Crippen molar-refractivity contribution in [2.75, 3.05) is 7.11 Å². The van der Waals surface area contributed by atoms with Gasteiger partial charge in [-0.25, -0.2) is 9.78 Å². The molecule has 0 aliphatic carbocycles. The highest BCUT2D eigenvalue weighted by atomic mass is 35.5. The molecule has 3 aromatic rings. The van der Waals surface area contributed by atoms with Crippen molar-refractivity contribution in [2.45, 2.75) is 13.5 Å². The highest BCUT2D eigenvalue weighted by Crippen LogP contribution is 2.23. The van der Waals surface area contributed by atoms with Crippen LogP contribution < -0.4 is 10.3 Å². The number of benzene rings is 1. The number of hydrogen-bond donors (Lipinski definition) is 0. The molecule has 7 heteroatoms. The van der Waals surface area contributed by atoms with Crippen LogP contribution in [0, 0.1) is 6.92 Å². The summed E-state index contributed by atoms with van der Waals surface area (Å²) in [5, 5.41) is 0.394. The third kappa shape index (κ3) is 3.49. The second-order valence-corrected chi connectivity index (χ2v) is 5.83. The van der Waals surface area contributed by atoms with E-state index in [-0.39, 0.29) is 17.7 Å². The molecule has 128 valence electrons. The standard InChI is InChI=1S/C18H15ClN2O4/c1-11-4-3-7-21-16(22)9-13(20-17(11)21)10-25-18(23)14-8-12(19)5-6-15(14)24-2/h3-9H,10H2,1-2H3. The van der Waals surface area contributed by atoms with E-state index in [0.717, 1.165) is 5.56 Å². The zero-order valence-corrected chi connectivity index (χ0v) is 14.4. The minimum atomic E-state index is -0.605. The number of aryl methyl sites for hydroxylation is 1. The molecule has 25 heavy (non-hydrogen) atoms. The zero-order chi connectivity index (χ0) is 18.0. The molecular formula is C18H15ClN2O4. The molecule has 0 saturated heterocycles. The van der Waals surface area contributed by atoms with Crippen LogP contribution in [0.25, 0.3) is 5.65 Å². The van der Waals surface area contributed by atoms with Crippen molar-refractivity contribution in [1.82, 2.24) is 9.38 Å². The minimum absolute atomic E-state index is 0.130. The Kier molecular flexibility index (Phi) is 4.72. The van der Waals surface area contributed by atoms with Crippen LogP contribution in [0.1, 0.15) is 21.6 Å². The second kappa shape index (κ2) is 6.94. The van der Waals surface area contributed by atoms with Crippen LogP contribution in [0.15, 0.2) is 47.4 Å². The van der Waals surface area contributed by atoms with Gasteiger partial charge in [0.15, 0.2) is 0 Å². The average Bonchev–Trinajstić information content (AvgIpc) is 2.60. The van der Waals surface area contributed by atoms with E-state index in [0.29, 0.717) is 22.1 Å². The molecule has 0 aliphatic heterocycles. The van der Waals surface area contributed by atoms with Gasteiger partial charge in [-0.3, -0.25) is 9.20 Å². The Morgan fingerprint density at radius 2 is 2.08 bits per heavy atom. The number of esters is 1. The fourth-order valence-corrected chi connectivity index (χ4v) is 2.61. The lowest BCUT2D eigenvalue weighted by Gasteiger charge is -2.10. The zero-order valence-electron chi connectivity index (χ0n) is 13.7. The van der Waals surface area contributed by atoms with Crippen LogP contribution >= 0.6 is 11.6 Å². The number of aromatic nitrogens is 2. The van der Waals surface area contributed by atoms with Gasteiger partial charge >= 0.3 is 5.97 Å². The molecule has 0 amide bonds. The van der Waals surface area contributed by atoms with Crippen molar-refractivity contribution < 1.29 is 14.3 Å². The Hall–Kier alpha value is -2.86. The summed E-state index contributed by atoms with van der Waals surface area (Å²) >= 11 is 5.92. The first-order valence-electron chi connectivity index (χ1n) is 7.48. The SMILES string of the molecule is COc1ccc(Cl)cc1C(=O)OCc1cc(=O)n2cccc(C)c2n1. The normalized spacial score (nSPS) is 10.7. The van der Waals surface area contributed by atoms with Gasteiger partial charge in [0, 0.05) is 17.3 Å². The summed E-state index contributed by atoms with van der Waals surface area (Å²) in [5.41, 5.74) is 1.73. The number of halogens is 1. The molecule has 0 fully saturated rings. The highest BCUT2D eigenvalue weighted by molar-refractivity contribution is 6.31. The van der Waals surface area contributed by atoms with Gasteiger partial charge in [-0.15, -0.1) is 0 Å². The molecule has 0 spiro atoms. The Labute approximate surface area is 148 Å². The van der Waals surface area contributed by atoms with Gasteiger partial charge in [-0.05, 0) is 36.8 Å². The van der Waals surface area contributed by atoms with E-state index < -0.39 is 5.97 Å². The van der Waals surface area contributed by atoms with Crippen LogP contribution in [-0.4, -0.2) is 22.5 Å². The van der Waals surface area contributed by atoms with Gasteiger partial charge in [0.25, 0.3) is 5.56 Å². The smallest absolute Gasteiger partial charge is 0.342 e. The van der Waals surface area contributed by atoms with Gasteiger partial charge in [0.2, 0.25) is 0 Å². The summed E-state index contributed by atoms with van der Waals surface area (Å²) in [7, 11) is 1.45. The molecule has 3 rings (SSSR count). The largest absolute Gasteiger partial charge is 0.496 e. The molecule has 0 unspecified atom stereocenters. The van der Waals surface area contributed by atoms with Gasteiger partial charge < -0.3 is 9.47 Å². The van der Waals surface area contributed by atoms with Crippen molar-refractivity contribution in [3.63, 3.8) is 0 Å². The van der Waals surface area contributed by atoms with E-state index in [2.05, 4.69) is 4.98 Å². The summed E-state index contributed by atoms with van der Waals surface area (Å²) < 4.78 is 11.8. The lowest BCUT2D eigenvalue weighted by Crippen LogP contribution is -2.17. The molecule has 0 saturated carbocycles. The molecule has 1 aromatic carbocycles. The predicted molar refractivity (Wildman–Crippen MR) is 93.3 cm³/mol. The fraction of sp³-hybridized carbons (Fsp3) is 0.167. The molecule has 0 radical (unpaired) electrons. The number of methoxy groups -OCH3 is 1. The van der Waals surface area contributed by atoms with E-state index in [4.69, 9.17) is 21.1 Å². The summed E-state index contributed by atoms with van der Waals surface area (Å²) in [6.07, 6.45) is 1.64. The summed E-state index contributed by atoms with van der Waals surface area (Å²) in [5.74, 6) is -0.247. The van der Waals surface area contributed by atoms with Crippen LogP contribution in [0.5, 0.6) is 5.75 Å². The van der Waals surface area contributed by atoms with E-state index in [9.17, 15) is 9.59 Å². The van der Waals surface area contributed by atoms with Crippen molar-refractivity contribution >= 4 is 23.2 Å². The summed E-state index contributed by atoms with van der Waals surface area (Å²) in [6.45, 7) is 1.73. The topological polar surface area (TPSA) is 69.9 Å². The van der Waals surface area contributed by atoms with Crippen molar-refractivity contribution in [3.8, 4) is 5.75 Å². The maximum Gasteiger partial charge on any atom is 0.342 e. The van der Waals surface area contributed by atoms with E-state index in [1.54, 1.807) is 24.4 Å². The first-order valence-corrected chi connectivity index (χ1v) is 7.86. The Bertz CT molecular complexity index is 1010. The number of carbonyl (C=O) groups is 1. The maximum atomic E-state index is 12.3.